The molecule has 2 N–H and O–H groups in total. The normalized spacial score (nSPS) is 23.6. The number of anilines is 1. The summed E-state index contributed by atoms with van der Waals surface area (Å²) in [6.45, 7) is 2.21. The zero-order valence-electron chi connectivity index (χ0n) is 10.6. The van der Waals surface area contributed by atoms with Crippen LogP contribution < -0.4 is 5.32 Å². The molecule has 1 saturated carbocycles. The van der Waals surface area contributed by atoms with E-state index in [0.29, 0.717) is 17.8 Å². The molecule has 5 nitrogen and oxygen atoms in total. The molecule has 0 amide bonds. The molecule has 2 atom stereocenters. The molecular weight excluding hydrogens is 230 g/mol. The Kier molecular flexibility index (Phi) is 4.12. The average molecular weight is 249 g/mol. The third-order valence-corrected chi connectivity index (χ3v) is 3.64. The topological polar surface area (TPSA) is 75.1 Å². The van der Waals surface area contributed by atoms with Crippen LogP contribution in [0.25, 0.3) is 0 Å². The predicted octanol–water partition coefficient (Wildman–Crippen LogP) is 2.56. The van der Waals surface area contributed by atoms with E-state index in [4.69, 9.17) is 5.11 Å². The average Bonchev–Trinajstić information content (AvgIpc) is 2.40. The van der Waals surface area contributed by atoms with Crippen molar-refractivity contribution in [3.63, 3.8) is 0 Å². The number of carboxylic acids is 1. The van der Waals surface area contributed by atoms with Gasteiger partial charge in [-0.2, -0.15) is 0 Å². The fourth-order valence-electron chi connectivity index (χ4n) is 2.59. The van der Waals surface area contributed by atoms with Gasteiger partial charge in [0.1, 0.15) is 5.82 Å². The molecule has 0 aromatic carbocycles. The summed E-state index contributed by atoms with van der Waals surface area (Å²) < 4.78 is 0. The monoisotopic (exact) mass is 249 g/mol. The Bertz CT molecular complexity index is 405. The minimum Gasteiger partial charge on any atom is -0.476 e. The molecule has 1 aliphatic rings. The van der Waals surface area contributed by atoms with E-state index in [9.17, 15) is 4.79 Å². The van der Waals surface area contributed by atoms with Gasteiger partial charge < -0.3 is 10.4 Å². The Hall–Kier alpha value is -1.65. The molecule has 0 bridgehead atoms. The maximum Gasteiger partial charge on any atom is 0.356 e. The number of carboxylic acid groups (broad SMARTS) is 1. The van der Waals surface area contributed by atoms with E-state index in [1.165, 1.54) is 31.7 Å². The Balaban J connectivity index is 2.01. The van der Waals surface area contributed by atoms with E-state index < -0.39 is 5.97 Å². The van der Waals surface area contributed by atoms with Crippen LogP contribution in [0.1, 0.15) is 49.5 Å². The van der Waals surface area contributed by atoms with Gasteiger partial charge in [0.25, 0.3) is 0 Å². The van der Waals surface area contributed by atoms with Gasteiger partial charge in [0, 0.05) is 6.04 Å². The maximum absolute atomic E-state index is 10.7. The molecule has 2 rings (SSSR count). The lowest BCUT2D eigenvalue weighted by molar-refractivity contribution is 0.0690. The first-order valence-electron chi connectivity index (χ1n) is 6.52. The second-order valence-electron chi connectivity index (χ2n) is 4.80. The number of nitrogens with one attached hydrogen (secondary N) is 1. The van der Waals surface area contributed by atoms with E-state index in [2.05, 4.69) is 22.2 Å². The fraction of sp³-hybridized carbons (Fsp3) is 0.615. The summed E-state index contributed by atoms with van der Waals surface area (Å²) in [5.41, 5.74) is -0.0174. The number of nitrogens with zero attached hydrogens (tertiary/aromatic N) is 2. The van der Waals surface area contributed by atoms with Crippen LogP contribution in [0.4, 0.5) is 5.82 Å². The molecule has 0 spiro atoms. The van der Waals surface area contributed by atoms with E-state index >= 15 is 0 Å². The minimum absolute atomic E-state index is 0.0174. The van der Waals surface area contributed by atoms with Crippen molar-refractivity contribution in [3.05, 3.63) is 18.1 Å². The third-order valence-electron chi connectivity index (χ3n) is 3.64. The van der Waals surface area contributed by atoms with Crippen LogP contribution in [0.5, 0.6) is 0 Å². The van der Waals surface area contributed by atoms with Gasteiger partial charge >= 0.3 is 5.97 Å². The van der Waals surface area contributed by atoms with Crippen LogP contribution in [0.3, 0.4) is 0 Å². The first kappa shape index (κ1) is 12.8. The highest BCUT2D eigenvalue weighted by Crippen LogP contribution is 2.28. The molecule has 0 saturated heterocycles. The number of hydrogen-bond donors (Lipinski definition) is 2. The highest BCUT2D eigenvalue weighted by molar-refractivity contribution is 5.84. The number of aromatic carboxylic acids is 1. The molecule has 0 radical (unpaired) electrons. The third kappa shape index (κ3) is 2.97. The summed E-state index contributed by atoms with van der Waals surface area (Å²) in [5.74, 6) is 0.309. The molecule has 2 unspecified atom stereocenters. The molecule has 5 heteroatoms. The maximum atomic E-state index is 10.7. The molecule has 0 aliphatic heterocycles. The standard InChI is InChI=1S/C13H19N3O2/c1-2-9-5-3-4-6-10(9)16-12-8-14-11(7-15-12)13(17)18/h7-10H,2-6H2,1H3,(H,15,16)(H,17,18). The quantitative estimate of drug-likeness (QED) is 0.857. The van der Waals surface area contributed by atoms with E-state index in [1.807, 2.05) is 0 Å². The molecule has 1 aromatic rings. The summed E-state index contributed by atoms with van der Waals surface area (Å²) in [6.07, 6.45) is 8.93. The Labute approximate surface area is 107 Å². The second-order valence-corrected chi connectivity index (χ2v) is 4.80. The van der Waals surface area contributed by atoms with E-state index in [-0.39, 0.29) is 5.69 Å². The summed E-state index contributed by atoms with van der Waals surface area (Å²) in [4.78, 5) is 18.7. The van der Waals surface area contributed by atoms with Crippen LogP contribution in [-0.4, -0.2) is 27.1 Å². The summed E-state index contributed by atoms with van der Waals surface area (Å²) in [5, 5.41) is 12.1. The van der Waals surface area contributed by atoms with Crippen LogP contribution in [-0.2, 0) is 0 Å². The number of aromatic nitrogens is 2. The molecule has 1 heterocycles. The Morgan fingerprint density at radius 2 is 2.17 bits per heavy atom. The van der Waals surface area contributed by atoms with Gasteiger partial charge in [-0.15, -0.1) is 0 Å². The summed E-state index contributed by atoms with van der Waals surface area (Å²) in [7, 11) is 0. The smallest absolute Gasteiger partial charge is 0.356 e. The van der Waals surface area contributed by atoms with Crippen molar-refractivity contribution >= 4 is 11.8 Å². The lowest BCUT2D eigenvalue weighted by Crippen LogP contribution is -2.32. The minimum atomic E-state index is -1.04. The Morgan fingerprint density at radius 1 is 1.39 bits per heavy atom. The zero-order valence-corrected chi connectivity index (χ0v) is 10.6. The summed E-state index contributed by atoms with van der Waals surface area (Å²) in [6, 6.07) is 0.439. The lowest BCUT2D eigenvalue weighted by Gasteiger charge is -2.31. The van der Waals surface area contributed by atoms with Crippen LogP contribution >= 0.6 is 0 Å². The SMILES string of the molecule is CCC1CCCCC1Nc1cnc(C(=O)O)cn1. The van der Waals surface area contributed by atoms with Gasteiger partial charge in [-0.1, -0.05) is 26.2 Å². The van der Waals surface area contributed by atoms with E-state index in [1.54, 1.807) is 0 Å². The van der Waals surface area contributed by atoms with Crippen LogP contribution in [0, 0.1) is 5.92 Å². The summed E-state index contributed by atoms with van der Waals surface area (Å²) >= 11 is 0. The molecule has 1 fully saturated rings. The first-order valence-corrected chi connectivity index (χ1v) is 6.52. The van der Waals surface area contributed by atoms with Gasteiger partial charge in [0.05, 0.1) is 12.4 Å². The molecular formula is C13H19N3O2. The molecule has 98 valence electrons. The molecule has 1 aromatic heterocycles. The van der Waals surface area contributed by atoms with Gasteiger partial charge in [0.2, 0.25) is 0 Å². The van der Waals surface area contributed by atoms with Crippen molar-refractivity contribution in [1.82, 2.24) is 9.97 Å². The van der Waals surface area contributed by atoms with Gasteiger partial charge in [0.15, 0.2) is 5.69 Å². The lowest BCUT2D eigenvalue weighted by atomic mass is 9.83. The van der Waals surface area contributed by atoms with Crippen molar-refractivity contribution in [2.45, 2.75) is 45.1 Å². The van der Waals surface area contributed by atoms with Crippen molar-refractivity contribution in [3.8, 4) is 0 Å². The van der Waals surface area contributed by atoms with Crippen molar-refractivity contribution in [2.24, 2.45) is 5.92 Å². The highest BCUT2D eigenvalue weighted by Gasteiger charge is 2.23. The first-order chi connectivity index (χ1) is 8.70. The number of carbonyl (C=O) groups is 1. The largest absolute Gasteiger partial charge is 0.476 e. The molecule has 1 aliphatic carbocycles. The molecule has 18 heavy (non-hydrogen) atoms. The predicted molar refractivity (Wildman–Crippen MR) is 68.7 cm³/mol. The second kappa shape index (κ2) is 5.80. The van der Waals surface area contributed by atoms with E-state index in [0.717, 1.165) is 12.8 Å². The van der Waals surface area contributed by atoms with Gasteiger partial charge in [-0.05, 0) is 18.8 Å². The van der Waals surface area contributed by atoms with Crippen molar-refractivity contribution in [1.29, 1.82) is 0 Å². The van der Waals surface area contributed by atoms with Gasteiger partial charge in [-0.3, -0.25) is 0 Å². The highest BCUT2D eigenvalue weighted by atomic mass is 16.4. The van der Waals surface area contributed by atoms with Crippen LogP contribution in [0.15, 0.2) is 12.4 Å². The van der Waals surface area contributed by atoms with Gasteiger partial charge in [-0.25, -0.2) is 14.8 Å². The number of rotatable bonds is 4. The fourth-order valence-corrected chi connectivity index (χ4v) is 2.59. The number of hydrogen-bond acceptors (Lipinski definition) is 4. The Morgan fingerprint density at radius 3 is 2.78 bits per heavy atom. The van der Waals surface area contributed by atoms with Crippen molar-refractivity contribution < 1.29 is 9.90 Å². The zero-order chi connectivity index (χ0) is 13.0. The van der Waals surface area contributed by atoms with Crippen molar-refractivity contribution in [2.75, 3.05) is 5.32 Å². The van der Waals surface area contributed by atoms with Crippen LogP contribution in [0.2, 0.25) is 0 Å².